The zero-order chi connectivity index (χ0) is 23.3. The van der Waals surface area contributed by atoms with Crippen LogP contribution in [-0.4, -0.2) is 31.4 Å². The van der Waals surface area contributed by atoms with Crippen LogP contribution in [0.25, 0.3) is 33.2 Å². The molecule has 0 saturated heterocycles. The summed E-state index contributed by atoms with van der Waals surface area (Å²) in [5.74, 6) is 0.636. The molecule has 2 aromatic carbocycles. The van der Waals surface area contributed by atoms with E-state index in [-0.39, 0.29) is 0 Å². The van der Waals surface area contributed by atoms with Crippen LogP contribution < -0.4 is 10.6 Å². The Labute approximate surface area is 195 Å². The van der Waals surface area contributed by atoms with Crippen molar-refractivity contribution in [3.63, 3.8) is 0 Å². The predicted molar refractivity (Wildman–Crippen MR) is 131 cm³/mol. The number of amides is 1. The molecule has 0 aliphatic carbocycles. The third-order valence-corrected chi connectivity index (χ3v) is 5.32. The van der Waals surface area contributed by atoms with Gasteiger partial charge in [0.25, 0.3) is 0 Å². The van der Waals surface area contributed by atoms with Crippen LogP contribution in [0.4, 0.5) is 16.3 Å². The first-order valence-electron chi connectivity index (χ1n) is 10.6. The van der Waals surface area contributed by atoms with Gasteiger partial charge in [-0.05, 0) is 29.3 Å². The standard InChI is InChI=1S/C26H20N6O2/c33-26(34)30-20-13-18(14-27-15-20)24-22-11-6-10-21(17-7-2-1-3-8-17)23(22)25(32-31-24)29-16-19-9-4-5-12-28-19/h1-15,30H,16H2,(H,29,32)(H,33,34). The molecule has 0 fully saturated rings. The fraction of sp³-hybridized carbons (Fsp3) is 0.0385. The zero-order valence-electron chi connectivity index (χ0n) is 18.0. The van der Waals surface area contributed by atoms with Crippen LogP contribution in [0.3, 0.4) is 0 Å². The SMILES string of the molecule is O=C(O)Nc1cncc(-c2nnc(NCc3ccccn3)c3c(-c4ccccc4)cccc23)c1. The first-order chi connectivity index (χ1) is 16.7. The van der Waals surface area contributed by atoms with Gasteiger partial charge in [0.05, 0.1) is 24.1 Å². The quantitative estimate of drug-likeness (QED) is 0.316. The highest BCUT2D eigenvalue weighted by atomic mass is 16.4. The number of benzene rings is 2. The van der Waals surface area contributed by atoms with Gasteiger partial charge in [0.1, 0.15) is 5.69 Å². The lowest BCUT2D eigenvalue weighted by atomic mass is 9.96. The lowest BCUT2D eigenvalue weighted by Gasteiger charge is -2.15. The molecule has 5 rings (SSSR count). The van der Waals surface area contributed by atoms with Gasteiger partial charge >= 0.3 is 6.09 Å². The van der Waals surface area contributed by atoms with E-state index in [1.165, 1.54) is 6.20 Å². The van der Waals surface area contributed by atoms with E-state index >= 15 is 0 Å². The number of hydrogen-bond donors (Lipinski definition) is 3. The number of hydrogen-bond acceptors (Lipinski definition) is 6. The number of carbonyl (C=O) groups is 1. The molecule has 0 radical (unpaired) electrons. The van der Waals surface area contributed by atoms with Gasteiger partial charge in [-0.25, -0.2) is 4.79 Å². The third kappa shape index (κ3) is 4.37. The topological polar surface area (TPSA) is 113 Å². The van der Waals surface area contributed by atoms with E-state index in [0.29, 0.717) is 29.3 Å². The van der Waals surface area contributed by atoms with Crippen LogP contribution in [0, 0.1) is 0 Å². The van der Waals surface area contributed by atoms with Crippen molar-refractivity contribution < 1.29 is 9.90 Å². The average Bonchev–Trinajstić information content (AvgIpc) is 2.88. The summed E-state index contributed by atoms with van der Waals surface area (Å²) in [6.07, 6.45) is 3.69. The summed E-state index contributed by atoms with van der Waals surface area (Å²) in [7, 11) is 0. The molecule has 8 nitrogen and oxygen atoms in total. The van der Waals surface area contributed by atoms with Crippen molar-refractivity contribution in [1.82, 2.24) is 20.2 Å². The second kappa shape index (κ2) is 9.33. The van der Waals surface area contributed by atoms with Crippen LogP contribution >= 0.6 is 0 Å². The van der Waals surface area contributed by atoms with Gasteiger partial charge in [0, 0.05) is 28.7 Å². The van der Waals surface area contributed by atoms with E-state index in [0.717, 1.165) is 27.6 Å². The largest absolute Gasteiger partial charge is 0.465 e. The fourth-order valence-corrected chi connectivity index (χ4v) is 3.84. The Balaban J connectivity index is 1.67. The zero-order valence-corrected chi connectivity index (χ0v) is 18.0. The molecule has 0 saturated carbocycles. The highest BCUT2D eigenvalue weighted by Gasteiger charge is 2.16. The molecule has 8 heteroatoms. The summed E-state index contributed by atoms with van der Waals surface area (Å²) < 4.78 is 0. The first-order valence-corrected chi connectivity index (χ1v) is 10.6. The molecule has 0 spiro atoms. The van der Waals surface area contributed by atoms with Gasteiger partial charge in [-0.3, -0.25) is 15.3 Å². The maximum Gasteiger partial charge on any atom is 0.409 e. The van der Waals surface area contributed by atoms with Crippen molar-refractivity contribution in [2.24, 2.45) is 0 Å². The van der Waals surface area contributed by atoms with E-state index in [2.05, 4.69) is 49.0 Å². The van der Waals surface area contributed by atoms with Crippen LogP contribution in [0.1, 0.15) is 5.69 Å². The second-order valence-corrected chi connectivity index (χ2v) is 7.56. The summed E-state index contributed by atoms with van der Waals surface area (Å²) in [4.78, 5) is 19.6. The van der Waals surface area contributed by atoms with E-state index in [9.17, 15) is 4.79 Å². The Bertz CT molecular complexity index is 1460. The molecule has 3 N–H and O–H groups in total. The molecule has 1 amide bonds. The van der Waals surface area contributed by atoms with Crippen molar-refractivity contribution in [3.05, 3.63) is 97.1 Å². The Morgan fingerprint density at radius 2 is 1.74 bits per heavy atom. The fourth-order valence-electron chi connectivity index (χ4n) is 3.84. The molecule has 0 aliphatic heterocycles. The van der Waals surface area contributed by atoms with E-state index in [4.69, 9.17) is 5.11 Å². The van der Waals surface area contributed by atoms with Gasteiger partial charge < -0.3 is 10.4 Å². The Morgan fingerprint density at radius 1 is 0.882 bits per heavy atom. The summed E-state index contributed by atoms with van der Waals surface area (Å²) >= 11 is 0. The Kier molecular flexibility index (Phi) is 5.77. The van der Waals surface area contributed by atoms with Crippen molar-refractivity contribution in [1.29, 1.82) is 0 Å². The van der Waals surface area contributed by atoms with Gasteiger partial charge in [-0.1, -0.05) is 54.6 Å². The molecule has 3 aromatic heterocycles. The molecule has 0 unspecified atom stereocenters. The van der Waals surface area contributed by atoms with Gasteiger partial charge in [-0.2, -0.15) is 0 Å². The van der Waals surface area contributed by atoms with Crippen LogP contribution in [0.15, 0.2) is 91.4 Å². The number of carboxylic acid groups (broad SMARTS) is 1. The van der Waals surface area contributed by atoms with Gasteiger partial charge in [0.2, 0.25) is 0 Å². The van der Waals surface area contributed by atoms with Gasteiger partial charge in [-0.15, -0.1) is 10.2 Å². The molecule has 166 valence electrons. The van der Waals surface area contributed by atoms with Crippen LogP contribution in [-0.2, 0) is 6.54 Å². The average molecular weight is 448 g/mol. The second-order valence-electron chi connectivity index (χ2n) is 7.56. The molecular weight excluding hydrogens is 428 g/mol. The number of nitrogens with zero attached hydrogens (tertiary/aromatic N) is 4. The summed E-state index contributed by atoms with van der Waals surface area (Å²) in [5.41, 5.74) is 4.56. The minimum Gasteiger partial charge on any atom is -0.465 e. The summed E-state index contributed by atoms with van der Waals surface area (Å²) in [6.45, 7) is 0.493. The molecule has 34 heavy (non-hydrogen) atoms. The van der Waals surface area contributed by atoms with E-state index < -0.39 is 6.09 Å². The van der Waals surface area contributed by atoms with Crippen molar-refractivity contribution >= 4 is 28.4 Å². The number of pyridine rings is 2. The molecule has 3 heterocycles. The van der Waals surface area contributed by atoms with Crippen molar-refractivity contribution in [2.45, 2.75) is 6.54 Å². The van der Waals surface area contributed by atoms with Crippen LogP contribution in [0.2, 0.25) is 0 Å². The lowest BCUT2D eigenvalue weighted by molar-refractivity contribution is 0.209. The number of aromatic nitrogens is 4. The highest BCUT2D eigenvalue weighted by Crippen LogP contribution is 2.37. The van der Waals surface area contributed by atoms with E-state index in [1.807, 2.05) is 48.5 Å². The molecule has 0 bridgehead atoms. The summed E-state index contributed by atoms with van der Waals surface area (Å²) in [5, 5.41) is 25.6. The number of fused-ring (bicyclic) bond motifs is 1. The number of nitrogens with one attached hydrogen (secondary N) is 2. The molecule has 0 aliphatic rings. The van der Waals surface area contributed by atoms with Crippen molar-refractivity contribution in [3.8, 4) is 22.4 Å². The smallest absolute Gasteiger partial charge is 0.409 e. The normalized spacial score (nSPS) is 10.7. The third-order valence-electron chi connectivity index (χ3n) is 5.32. The molecule has 0 atom stereocenters. The summed E-state index contributed by atoms with van der Waals surface area (Å²) in [6, 6.07) is 23.5. The van der Waals surface area contributed by atoms with Crippen LogP contribution in [0.5, 0.6) is 0 Å². The highest BCUT2D eigenvalue weighted by molar-refractivity contribution is 6.08. The lowest BCUT2D eigenvalue weighted by Crippen LogP contribution is -2.08. The minimum absolute atomic E-state index is 0.358. The molecule has 5 aromatic rings. The van der Waals surface area contributed by atoms with E-state index in [1.54, 1.807) is 18.5 Å². The Hall–Kier alpha value is -4.85. The number of rotatable bonds is 6. The molecular formula is C26H20N6O2. The van der Waals surface area contributed by atoms with Crippen molar-refractivity contribution in [2.75, 3.05) is 10.6 Å². The predicted octanol–water partition coefficient (Wildman–Crippen LogP) is 5.46. The van der Waals surface area contributed by atoms with Gasteiger partial charge in [0.15, 0.2) is 5.82 Å². The number of anilines is 2. The first kappa shape index (κ1) is 21.0. The maximum atomic E-state index is 11.1. The maximum absolute atomic E-state index is 11.1. The minimum atomic E-state index is -1.16. The Morgan fingerprint density at radius 3 is 2.53 bits per heavy atom. The monoisotopic (exact) mass is 448 g/mol.